The van der Waals surface area contributed by atoms with E-state index < -0.39 is 10.0 Å². The van der Waals surface area contributed by atoms with Crippen LogP contribution in [0.5, 0.6) is 0 Å². The largest absolute Gasteiger partial charge is 0.354 e. The highest BCUT2D eigenvalue weighted by Crippen LogP contribution is 2.27. The molecule has 1 N–H and O–H groups in total. The monoisotopic (exact) mass is 457 g/mol. The molecule has 7 heteroatoms. The third-order valence-corrected chi connectivity index (χ3v) is 7.88. The smallest absolute Gasteiger partial charge is 0.264 e. The van der Waals surface area contributed by atoms with Crippen molar-refractivity contribution in [1.82, 2.24) is 10.2 Å². The average molecular weight is 458 g/mol. The van der Waals surface area contributed by atoms with Crippen LogP contribution in [0.2, 0.25) is 0 Å². The molecule has 0 aromatic heterocycles. The van der Waals surface area contributed by atoms with E-state index in [-0.39, 0.29) is 17.3 Å². The highest BCUT2D eigenvalue weighted by atomic mass is 32.2. The molecule has 0 atom stereocenters. The summed E-state index contributed by atoms with van der Waals surface area (Å²) in [5, 5.41) is 2.92. The Morgan fingerprint density at radius 3 is 2.41 bits per heavy atom. The summed E-state index contributed by atoms with van der Waals surface area (Å²) in [5.74, 6) is 0.511. The van der Waals surface area contributed by atoms with Crippen LogP contribution in [0.3, 0.4) is 0 Å². The molecule has 2 aromatic rings. The van der Waals surface area contributed by atoms with Gasteiger partial charge in [-0.15, -0.1) is 0 Å². The lowest BCUT2D eigenvalue weighted by Crippen LogP contribution is -2.42. The summed E-state index contributed by atoms with van der Waals surface area (Å²) in [7, 11) is -3.87. The first kappa shape index (κ1) is 24.3. The lowest BCUT2D eigenvalue weighted by molar-refractivity contribution is -0.119. The van der Waals surface area contributed by atoms with Crippen LogP contribution in [0.4, 0.5) is 5.69 Å². The first-order valence-corrected chi connectivity index (χ1v) is 13.0. The molecular weight excluding hydrogens is 422 g/mol. The molecule has 0 aliphatic carbocycles. The van der Waals surface area contributed by atoms with Gasteiger partial charge >= 0.3 is 0 Å². The molecule has 0 saturated carbocycles. The van der Waals surface area contributed by atoms with E-state index in [2.05, 4.69) is 17.1 Å². The maximum atomic E-state index is 13.4. The topological polar surface area (TPSA) is 69.7 Å². The molecule has 2 aromatic carbocycles. The highest BCUT2D eigenvalue weighted by Gasteiger charge is 2.28. The van der Waals surface area contributed by atoms with Gasteiger partial charge in [-0.2, -0.15) is 0 Å². The standard InChI is InChI=1S/C25H35N3O3S/c1-3-22-10-7-8-13-24(22)28(32(30,31)23-11-5-4-6-12-23)20-25(29)26-16-9-17-27-18-14-21(2)15-19-27/h4-8,10-13,21H,3,9,14-20H2,1-2H3,(H,26,29). The SMILES string of the molecule is CCc1ccccc1N(CC(=O)NCCCN1CCC(C)CC1)S(=O)(=O)c1ccccc1. The minimum absolute atomic E-state index is 0.179. The number of amides is 1. The number of rotatable bonds is 10. The van der Waals surface area contributed by atoms with Gasteiger partial charge in [-0.1, -0.05) is 50.2 Å². The Labute approximate surface area is 192 Å². The molecule has 1 aliphatic rings. The first-order chi connectivity index (χ1) is 15.4. The number of anilines is 1. The number of likely N-dealkylation sites (tertiary alicyclic amines) is 1. The zero-order valence-corrected chi connectivity index (χ0v) is 20.0. The number of nitrogens with one attached hydrogen (secondary N) is 1. The molecule has 1 heterocycles. The lowest BCUT2D eigenvalue weighted by atomic mass is 9.99. The van der Waals surface area contributed by atoms with Gasteiger partial charge in [-0.3, -0.25) is 9.10 Å². The Morgan fingerprint density at radius 2 is 1.72 bits per heavy atom. The van der Waals surface area contributed by atoms with Gasteiger partial charge < -0.3 is 10.2 Å². The van der Waals surface area contributed by atoms with Gasteiger partial charge in [0, 0.05) is 6.54 Å². The van der Waals surface area contributed by atoms with Gasteiger partial charge in [0.2, 0.25) is 5.91 Å². The minimum atomic E-state index is -3.87. The van der Waals surface area contributed by atoms with E-state index in [0.717, 1.165) is 37.5 Å². The van der Waals surface area contributed by atoms with Crippen LogP contribution < -0.4 is 9.62 Å². The van der Waals surface area contributed by atoms with Crippen molar-refractivity contribution in [1.29, 1.82) is 0 Å². The number of nitrogens with zero attached hydrogens (tertiary/aromatic N) is 2. The van der Waals surface area contributed by atoms with E-state index in [1.54, 1.807) is 42.5 Å². The zero-order valence-electron chi connectivity index (χ0n) is 19.2. The third-order valence-electron chi connectivity index (χ3n) is 6.11. The molecule has 1 saturated heterocycles. The number of piperidine rings is 1. The quantitative estimate of drug-likeness (QED) is 0.553. The van der Waals surface area contributed by atoms with Crippen LogP contribution in [0.1, 0.15) is 38.7 Å². The van der Waals surface area contributed by atoms with Gasteiger partial charge in [0.15, 0.2) is 0 Å². The summed E-state index contributed by atoms with van der Waals surface area (Å²) >= 11 is 0. The minimum Gasteiger partial charge on any atom is -0.354 e. The van der Waals surface area contributed by atoms with Crippen molar-refractivity contribution in [3.05, 3.63) is 60.2 Å². The summed E-state index contributed by atoms with van der Waals surface area (Å²) in [6.07, 6.45) is 4.00. The summed E-state index contributed by atoms with van der Waals surface area (Å²) in [4.78, 5) is 15.4. The average Bonchev–Trinajstić information content (AvgIpc) is 2.82. The number of benzene rings is 2. The molecule has 0 radical (unpaired) electrons. The number of aryl methyl sites for hydroxylation is 1. The van der Waals surface area contributed by atoms with Crippen molar-refractivity contribution in [2.75, 3.05) is 37.0 Å². The maximum Gasteiger partial charge on any atom is 0.264 e. The number of hydrogen-bond acceptors (Lipinski definition) is 4. The molecule has 0 bridgehead atoms. The fourth-order valence-electron chi connectivity index (χ4n) is 4.07. The Bertz CT molecular complexity index is 971. The summed E-state index contributed by atoms with van der Waals surface area (Å²) in [6, 6.07) is 15.7. The predicted molar refractivity (Wildman–Crippen MR) is 129 cm³/mol. The van der Waals surface area contributed by atoms with E-state index in [0.29, 0.717) is 18.7 Å². The molecule has 0 spiro atoms. The van der Waals surface area contributed by atoms with Crippen LogP contribution in [-0.4, -0.2) is 51.9 Å². The Morgan fingerprint density at radius 1 is 1.06 bits per heavy atom. The Balaban J connectivity index is 1.67. The van der Waals surface area contributed by atoms with Crippen molar-refractivity contribution in [2.24, 2.45) is 5.92 Å². The van der Waals surface area contributed by atoms with Gasteiger partial charge in [0.25, 0.3) is 10.0 Å². The summed E-state index contributed by atoms with van der Waals surface area (Å²) < 4.78 is 28.1. The molecule has 1 amide bonds. The lowest BCUT2D eigenvalue weighted by Gasteiger charge is -2.30. The number of para-hydroxylation sites is 1. The second-order valence-corrected chi connectivity index (χ2v) is 10.4. The maximum absolute atomic E-state index is 13.4. The van der Waals surface area contributed by atoms with E-state index in [4.69, 9.17) is 0 Å². The molecule has 1 aliphatic heterocycles. The second kappa shape index (κ2) is 11.5. The molecule has 32 heavy (non-hydrogen) atoms. The highest BCUT2D eigenvalue weighted by molar-refractivity contribution is 7.92. The van der Waals surface area contributed by atoms with Crippen LogP contribution in [0.25, 0.3) is 0 Å². The molecule has 174 valence electrons. The van der Waals surface area contributed by atoms with Gasteiger partial charge in [-0.05, 0) is 75.0 Å². The van der Waals surface area contributed by atoms with Gasteiger partial charge in [0.05, 0.1) is 10.6 Å². The fraction of sp³-hybridized carbons (Fsp3) is 0.480. The summed E-state index contributed by atoms with van der Waals surface area (Å²) in [5.41, 5.74) is 1.44. The zero-order chi connectivity index (χ0) is 23.0. The van der Waals surface area contributed by atoms with Crippen LogP contribution >= 0.6 is 0 Å². The van der Waals surface area contributed by atoms with Crippen molar-refractivity contribution in [3.8, 4) is 0 Å². The number of carbonyl (C=O) groups excluding carboxylic acids is 1. The van der Waals surface area contributed by atoms with Crippen molar-refractivity contribution >= 4 is 21.6 Å². The van der Waals surface area contributed by atoms with Crippen molar-refractivity contribution in [2.45, 2.75) is 44.4 Å². The Hall–Kier alpha value is -2.38. The molecular formula is C25H35N3O3S. The number of sulfonamides is 1. The van der Waals surface area contributed by atoms with Crippen molar-refractivity contribution < 1.29 is 13.2 Å². The number of hydrogen-bond donors (Lipinski definition) is 1. The van der Waals surface area contributed by atoms with E-state index in [1.165, 1.54) is 17.1 Å². The van der Waals surface area contributed by atoms with E-state index in [1.807, 2.05) is 19.1 Å². The molecule has 1 fully saturated rings. The van der Waals surface area contributed by atoms with Crippen molar-refractivity contribution in [3.63, 3.8) is 0 Å². The molecule has 0 unspecified atom stereocenters. The second-order valence-electron chi connectivity index (χ2n) is 8.53. The van der Waals surface area contributed by atoms with Crippen LogP contribution in [-0.2, 0) is 21.2 Å². The van der Waals surface area contributed by atoms with Gasteiger partial charge in [-0.25, -0.2) is 8.42 Å². The van der Waals surface area contributed by atoms with Gasteiger partial charge in [0.1, 0.15) is 6.54 Å². The fourth-order valence-corrected chi connectivity index (χ4v) is 5.55. The third kappa shape index (κ3) is 6.33. The predicted octanol–water partition coefficient (Wildman–Crippen LogP) is 3.68. The molecule has 6 nitrogen and oxygen atoms in total. The first-order valence-electron chi connectivity index (χ1n) is 11.6. The van der Waals surface area contributed by atoms with Crippen LogP contribution in [0, 0.1) is 5.92 Å². The Kier molecular flexibility index (Phi) is 8.70. The van der Waals surface area contributed by atoms with E-state index in [9.17, 15) is 13.2 Å². The van der Waals surface area contributed by atoms with E-state index >= 15 is 0 Å². The summed E-state index contributed by atoms with van der Waals surface area (Å²) in [6.45, 7) is 7.77. The normalized spacial score (nSPS) is 15.4. The number of carbonyl (C=O) groups is 1. The molecule has 3 rings (SSSR count). The van der Waals surface area contributed by atoms with Crippen LogP contribution in [0.15, 0.2) is 59.5 Å².